The van der Waals surface area contributed by atoms with E-state index in [1.165, 1.54) is 0 Å². The Morgan fingerprint density at radius 3 is 2.91 bits per heavy atom. The first-order valence-corrected chi connectivity index (χ1v) is 8.11. The third-order valence-electron chi connectivity index (χ3n) is 3.63. The number of anilines is 1. The molecule has 1 N–H and O–H groups in total. The average molecular weight is 336 g/mol. The van der Waals surface area contributed by atoms with E-state index in [1.54, 1.807) is 17.0 Å². The van der Waals surface area contributed by atoms with Crippen LogP contribution in [0, 0.1) is 11.3 Å². The lowest BCUT2D eigenvalue weighted by atomic mass is 10.2. The largest absolute Gasteiger partial charge is 0.444 e. The van der Waals surface area contributed by atoms with Crippen LogP contribution >= 0.6 is 11.6 Å². The van der Waals surface area contributed by atoms with Gasteiger partial charge in [-0.05, 0) is 51.8 Å². The smallest absolute Gasteiger partial charge is 0.410 e. The summed E-state index contributed by atoms with van der Waals surface area (Å²) in [6.45, 7) is 6.93. The monoisotopic (exact) mass is 335 g/mol. The summed E-state index contributed by atoms with van der Waals surface area (Å²) in [5.41, 5.74) is 0.768. The molecule has 124 valence electrons. The lowest BCUT2D eigenvalue weighted by Crippen LogP contribution is -2.42. The summed E-state index contributed by atoms with van der Waals surface area (Å²) >= 11 is 5.93. The first-order chi connectivity index (χ1) is 10.8. The number of hydrogen-bond donors (Lipinski definition) is 1. The summed E-state index contributed by atoms with van der Waals surface area (Å²) in [6.07, 6.45) is 1.64. The van der Waals surface area contributed by atoms with E-state index in [0.717, 1.165) is 18.5 Å². The first-order valence-electron chi connectivity index (χ1n) is 7.73. The molecule has 0 aliphatic carbocycles. The molecule has 0 radical (unpaired) electrons. The maximum absolute atomic E-state index is 12.2. The van der Waals surface area contributed by atoms with Crippen molar-refractivity contribution in [1.82, 2.24) is 4.90 Å². The number of nitrogens with zero attached hydrogens (tertiary/aromatic N) is 2. The zero-order chi connectivity index (χ0) is 17.0. The van der Waals surface area contributed by atoms with Gasteiger partial charge in [-0.3, -0.25) is 0 Å². The number of ether oxygens (including phenoxy) is 1. The molecular formula is C17H22ClN3O2. The summed E-state index contributed by atoms with van der Waals surface area (Å²) in [5, 5.41) is 12.7. The molecule has 6 heteroatoms. The Morgan fingerprint density at radius 1 is 1.52 bits per heavy atom. The highest BCUT2D eigenvalue weighted by molar-refractivity contribution is 6.31. The molecule has 2 rings (SSSR count). The molecule has 1 fully saturated rings. The van der Waals surface area contributed by atoms with Crippen molar-refractivity contribution in [2.75, 3.05) is 18.4 Å². The molecule has 0 aromatic heterocycles. The minimum absolute atomic E-state index is 0.0889. The lowest BCUT2D eigenvalue weighted by Gasteiger charge is -2.29. The van der Waals surface area contributed by atoms with Gasteiger partial charge in [0, 0.05) is 18.8 Å². The number of carbonyl (C=O) groups excluding carboxylic acids is 1. The highest BCUT2D eigenvalue weighted by Gasteiger charge is 2.31. The quantitative estimate of drug-likeness (QED) is 0.905. The van der Waals surface area contributed by atoms with Crippen LogP contribution in [0.4, 0.5) is 10.5 Å². The van der Waals surface area contributed by atoms with Crippen LogP contribution in [-0.2, 0) is 4.74 Å². The number of nitrogens with one attached hydrogen (secondary N) is 1. The normalized spacial score (nSPS) is 17.7. The van der Waals surface area contributed by atoms with Crippen molar-refractivity contribution in [1.29, 1.82) is 5.26 Å². The van der Waals surface area contributed by atoms with Crippen LogP contribution in [0.25, 0.3) is 0 Å². The topological polar surface area (TPSA) is 65.4 Å². The molecule has 1 aromatic carbocycles. The third kappa shape index (κ3) is 4.77. The van der Waals surface area contributed by atoms with Crippen LogP contribution < -0.4 is 5.32 Å². The second kappa shape index (κ2) is 7.10. The van der Waals surface area contributed by atoms with E-state index in [4.69, 9.17) is 21.6 Å². The molecule has 0 saturated carbocycles. The van der Waals surface area contributed by atoms with Crippen LogP contribution in [0.2, 0.25) is 5.02 Å². The highest BCUT2D eigenvalue weighted by atomic mass is 35.5. The Bertz CT molecular complexity index is 619. The summed E-state index contributed by atoms with van der Waals surface area (Å²) in [5.74, 6) is 0. The first kappa shape index (κ1) is 17.4. The molecule has 1 aliphatic heterocycles. The minimum Gasteiger partial charge on any atom is -0.444 e. The fraction of sp³-hybridized carbons (Fsp3) is 0.529. The van der Waals surface area contributed by atoms with Crippen LogP contribution in [0.3, 0.4) is 0 Å². The van der Waals surface area contributed by atoms with E-state index in [1.807, 2.05) is 26.8 Å². The Labute approximate surface area is 142 Å². The molecule has 0 spiro atoms. The van der Waals surface area contributed by atoms with Crippen molar-refractivity contribution < 1.29 is 9.53 Å². The van der Waals surface area contributed by atoms with Crippen molar-refractivity contribution in [3.63, 3.8) is 0 Å². The van der Waals surface area contributed by atoms with E-state index >= 15 is 0 Å². The molecule has 1 amide bonds. The SMILES string of the molecule is CC(C)(C)OC(=O)N1CCCC1CNc1ccc(Cl)c(C#N)c1. The van der Waals surface area contributed by atoms with Crippen molar-refractivity contribution in [3.8, 4) is 6.07 Å². The standard InChI is InChI=1S/C17H22ClN3O2/c1-17(2,3)23-16(22)21-8-4-5-14(21)11-20-13-6-7-15(18)12(9-13)10-19/h6-7,9,14,20H,4-5,8,11H2,1-3H3. The predicted octanol–water partition coefficient (Wildman–Crippen LogP) is 4.02. The van der Waals surface area contributed by atoms with E-state index in [0.29, 0.717) is 23.7 Å². The molecule has 23 heavy (non-hydrogen) atoms. The van der Waals surface area contributed by atoms with Gasteiger partial charge in [-0.15, -0.1) is 0 Å². The van der Waals surface area contributed by atoms with E-state index in [-0.39, 0.29) is 12.1 Å². The number of nitriles is 1. The van der Waals surface area contributed by atoms with Gasteiger partial charge >= 0.3 is 6.09 Å². The number of hydrogen-bond acceptors (Lipinski definition) is 4. The van der Waals surface area contributed by atoms with Crippen molar-refractivity contribution >= 4 is 23.4 Å². The molecule has 5 nitrogen and oxygen atoms in total. The fourth-order valence-corrected chi connectivity index (χ4v) is 2.73. The second-order valence-electron chi connectivity index (χ2n) is 6.66. The second-order valence-corrected chi connectivity index (χ2v) is 7.06. The van der Waals surface area contributed by atoms with Gasteiger partial charge in [0.1, 0.15) is 11.7 Å². The summed E-state index contributed by atoms with van der Waals surface area (Å²) in [4.78, 5) is 14.0. The molecule has 1 aliphatic rings. The number of halogens is 1. The van der Waals surface area contributed by atoms with E-state index in [9.17, 15) is 4.79 Å². The van der Waals surface area contributed by atoms with Crippen molar-refractivity contribution in [2.45, 2.75) is 45.3 Å². The van der Waals surface area contributed by atoms with Gasteiger partial charge in [-0.1, -0.05) is 11.6 Å². The van der Waals surface area contributed by atoms with Gasteiger partial charge in [-0.2, -0.15) is 5.26 Å². The number of likely N-dealkylation sites (tertiary alicyclic amines) is 1. The molecule has 1 atom stereocenters. The third-order valence-corrected chi connectivity index (χ3v) is 3.96. The zero-order valence-electron chi connectivity index (χ0n) is 13.7. The van der Waals surface area contributed by atoms with Crippen LogP contribution in [0.5, 0.6) is 0 Å². The fourth-order valence-electron chi connectivity index (χ4n) is 2.57. The number of benzene rings is 1. The van der Waals surface area contributed by atoms with Crippen LogP contribution in [-0.4, -0.2) is 35.7 Å². The predicted molar refractivity (Wildman–Crippen MR) is 90.6 cm³/mol. The molecule has 1 aromatic rings. The number of amides is 1. The highest BCUT2D eigenvalue weighted by Crippen LogP contribution is 2.23. The van der Waals surface area contributed by atoms with Gasteiger partial charge in [0.05, 0.1) is 16.6 Å². The Hall–Kier alpha value is -1.93. The molecule has 1 unspecified atom stereocenters. The molecule has 0 bridgehead atoms. The van der Waals surface area contributed by atoms with Crippen LogP contribution in [0.1, 0.15) is 39.2 Å². The van der Waals surface area contributed by atoms with Gasteiger partial charge in [0.25, 0.3) is 0 Å². The van der Waals surface area contributed by atoms with E-state index in [2.05, 4.69) is 11.4 Å². The lowest BCUT2D eigenvalue weighted by molar-refractivity contribution is 0.0235. The Morgan fingerprint density at radius 2 is 2.26 bits per heavy atom. The molecule has 1 heterocycles. The number of rotatable bonds is 3. The average Bonchev–Trinajstić information content (AvgIpc) is 2.93. The van der Waals surface area contributed by atoms with Gasteiger partial charge in [0.2, 0.25) is 0 Å². The summed E-state index contributed by atoms with van der Waals surface area (Å²) in [6, 6.07) is 7.39. The Balaban J connectivity index is 1.97. The van der Waals surface area contributed by atoms with Crippen molar-refractivity contribution in [3.05, 3.63) is 28.8 Å². The van der Waals surface area contributed by atoms with Gasteiger partial charge in [-0.25, -0.2) is 4.79 Å². The van der Waals surface area contributed by atoms with Crippen LogP contribution in [0.15, 0.2) is 18.2 Å². The van der Waals surface area contributed by atoms with Gasteiger partial charge in [0.15, 0.2) is 0 Å². The maximum atomic E-state index is 12.2. The molecule has 1 saturated heterocycles. The number of carbonyl (C=O) groups is 1. The molecular weight excluding hydrogens is 314 g/mol. The van der Waals surface area contributed by atoms with Crippen molar-refractivity contribution in [2.24, 2.45) is 0 Å². The summed E-state index contributed by atoms with van der Waals surface area (Å²) < 4.78 is 5.45. The Kier molecular flexibility index (Phi) is 5.38. The summed E-state index contributed by atoms with van der Waals surface area (Å²) in [7, 11) is 0. The van der Waals surface area contributed by atoms with Gasteiger partial charge < -0.3 is 15.0 Å². The maximum Gasteiger partial charge on any atom is 0.410 e. The van der Waals surface area contributed by atoms with E-state index < -0.39 is 5.60 Å². The minimum atomic E-state index is -0.491. The zero-order valence-corrected chi connectivity index (χ0v) is 14.5.